The van der Waals surface area contributed by atoms with Crippen LogP contribution in [0.1, 0.15) is 38.6 Å². The maximum atomic E-state index is 7.56. The van der Waals surface area contributed by atoms with E-state index in [2.05, 4.69) is 46.3 Å². The van der Waals surface area contributed by atoms with Crippen molar-refractivity contribution in [3.63, 3.8) is 0 Å². The molecule has 0 fully saturated rings. The molecule has 0 saturated heterocycles. The van der Waals surface area contributed by atoms with Crippen LogP contribution in [-0.2, 0) is 6.42 Å². The molecule has 1 aromatic carbocycles. The summed E-state index contributed by atoms with van der Waals surface area (Å²) < 4.78 is 0. The minimum Gasteiger partial charge on any atom is -0.404 e. The number of aryl methyl sites for hydroxylation is 1. The Hall–Kier alpha value is -3.22. The van der Waals surface area contributed by atoms with Gasteiger partial charge in [-0.1, -0.05) is 13.0 Å². The van der Waals surface area contributed by atoms with Crippen LogP contribution in [0.3, 0.4) is 0 Å². The first-order chi connectivity index (χ1) is 13.1. The molecule has 5 N–H and O–H groups in total. The molecule has 0 unspecified atom stereocenters. The molecule has 3 aromatic rings. The normalized spacial score (nSPS) is 11.9. The van der Waals surface area contributed by atoms with Gasteiger partial charge in [-0.2, -0.15) is 5.10 Å². The van der Waals surface area contributed by atoms with E-state index in [1.54, 1.807) is 0 Å². The van der Waals surface area contributed by atoms with Gasteiger partial charge in [0, 0.05) is 42.0 Å². The third kappa shape index (κ3) is 3.81. The number of benzene rings is 1. The summed E-state index contributed by atoms with van der Waals surface area (Å²) in [5, 5.41) is 19.4. The fourth-order valence-electron chi connectivity index (χ4n) is 2.98. The summed E-state index contributed by atoms with van der Waals surface area (Å²) in [7, 11) is 0. The van der Waals surface area contributed by atoms with Crippen LogP contribution >= 0.6 is 0 Å². The summed E-state index contributed by atoms with van der Waals surface area (Å²) in [5.74, 6) is 1.50. The SMILES string of the molecule is CCCc1nc(-c2cnc3ccc(/C(C=N)=C/N)cc3c2NC(C)C)n[nH]1. The maximum Gasteiger partial charge on any atom is 0.184 e. The van der Waals surface area contributed by atoms with Crippen molar-refractivity contribution >= 4 is 28.4 Å². The number of fused-ring (bicyclic) bond motifs is 1. The molecular weight excluding hydrogens is 338 g/mol. The highest BCUT2D eigenvalue weighted by Gasteiger charge is 2.16. The third-order valence-corrected chi connectivity index (χ3v) is 4.23. The Kier molecular flexibility index (Phi) is 5.49. The lowest BCUT2D eigenvalue weighted by Crippen LogP contribution is -2.11. The summed E-state index contributed by atoms with van der Waals surface area (Å²) in [6.45, 7) is 6.28. The van der Waals surface area contributed by atoms with E-state index in [1.807, 2.05) is 24.4 Å². The molecule has 7 nitrogen and oxygen atoms in total. The van der Waals surface area contributed by atoms with Crippen molar-refractivity contribution in [1.29, 1.82) is 5.41 Å². The van der Waals surface area contributed by atoms with Crippen LogP contribution in [-0.4, -0.2) is 32.4 Å². The molecule has 0 atom stereocenters. The number of anilines is 1. The van der Waals surface area contributed by atoms with Crippen molar-refractivity contribution in [3.8, 4) is 11.4 Å². The molecule has 0 bridgehead atoms. The van der Waals surface area contributed by atoms with Crippen LogP contribution in [0, 0.1) is 5.41 Å². The number of hydrogen-bond donors (Lipinski definition) is 4. The molecule has 7 heteroatoms. The van der Waals surface area contributed by atoms with Gasteiger partial charge in [-0.25, -0.2) is 4.98 Å². The maximum absolute atomic E-state index is 7.56. The highest BCUT2D eigenvalue weighted by Crippen LogP contribution is 2.34. The molecule has 0 amide bonds. The quantitative estimate of drug-likeness (QED) is 0.477. The molecule has 3 rings (SSSR count). The van der Waals surface area contributed by atoms with Gasteiger partial charge in [0.05, 0.1) is 16.8 Å². The topological polar surface area (TPSA) is 116 Å². The number of pyridine rings is 1. The number of aromatic amines is 1. The predicted molar refractivity (Wildman–Crippen MR) is 111 cm³/mol. The molecule has 0 aliphatic heterocycles. The average molecular weight is 363 g/mol. The minimum absolute atomic E-state index is 0.222. The van der Waals surface area contributed by atoms with Gasteiger partial charge >= 0.3 is 0 Å². The van der Waals surface area contributed by atoms with E-state index in [0.717, 1.165) is 46.4 Å². The summed E-state index contributed by atoms with van der Waals surface area (Å²) >= 11 is 0. The molecule has 0 saturated carbocycles. The molecule has 0 aliphatic carbocycles. The Morgan fingerprint density at radius 3 is 2.85 bits per heavy atom. The van der Waals surface area contributed by atoms with E-state index >= 15 is 0 Å². The van der Waals surface area contributed by atoms with E-state index in [1.165, 1.54) is 12.4 Å². The Labute approximate surface area is 158 Å². The number of nitrogens with two attached hydrogens (primary N) is 1. The van der Waals surface area contributed by atoms with Crippen LogP contribution in [0.2, 0.25) is 0 Å². The standard InChI is InChI=1S/C20H25N7/c1-4-5-18-25-20(27-26-18)16-11-23-17-7-6-13(14(9-21)10-22)8-15(17)19(16)24-12(2)3/h6-12,21H,4-5,22H2,1-3H3,(H,23,24)(H,25,26,27)/b14-10+,21-9?. The Morgan fingerprint density at radius 2 is 2.19 bits per heavy atom. The summed E-state index contributed by atoms with van der Waals surface area (Å²) in [6.07, 6.45) is 6.35. The van der Waals surface area contributed by atoms with E-state index in [9.17, 15) is 0 Å². The van der Waals surface area contributed by atoms with Crippen molar-refractivity contribution < 1.29 is 0 Å². The van der Waals surface area contributed by atoms with Gasteiger partial charge in [0.25, 0.3) is 0 Å². The lowest BCUT2D eigenvalue weighted by Gasteiger charge is -2.16. The summed E-state index contributed by atoms with van der Waals surface area (Å²) in [5.41, 5.74) is 9.82. The summed E-state index contributed by atoms with van der Waals surface area (Å²) in [4.78, 5) is 9.21. The minimum atomic E-state index is 0.222. The first-order valence-electron chi connectivity index (χ1n) is 9.11. The zero-order valence-electron chi connectivity index (χ0n) is 15.9. The zero-order valence-corrected chi connectivity index (χ0v) is 15.9. The second kappa shape index (κ2) is 7.99. The van der Waals surface area contributed by atoms with Crippen molar-refractivity contribution in [2.24, 2.45) is 5.73 Å². The van der Waals surface area contributed by atoms with Crippen molar-refractivity contribution in [2.75, 3.05) is 5.32 Å². The molecule has 0 spiro atoms. The third-order valence-electron chi connectivity index (χ3n) is 4.23. The van der Waals surface area contributed by atoms with Gasteiger partial charge in [0.15, 0.2) is 5.82 Å². The summed E-state index contributed by atoms with van der Waals surface area (Å²) in [6, 6.07) is 6.08. The van der Waals surface area contributed by atoms with Gasteiger partial charge in [-0.3, -0.25) is 10.1 Å². The van der Waals surface area contributed by atoms with Crippen molar-refractivity contribution in [1.82, 2.24) is 20.2 Å². The molecule has 2 aromatic heterocycles. The molecule has 0 radical (unpaired) electrons. The van der Waals surface area contributed by atoms with E-state index in [0.29, 0.717) is 11.4 Å². The van der Waals surface area contributed by atoms with E-state index in [-0.39, 0.29) is 6.04 Å². The first-order valence-corrected chi connectivity index (χ1v) is 9.11. The molecule has 2 heterocycles. The van der Waals surface area contributed by atoms with E-state index in [4.69, 9.17) is 11.1 Å². The number of H-pyrrole nitrogens is 1. The van der Waals surface area contributed by atoms with Gasteiger partial charge in [0.2, 0.25) is 0 Å². The van der Waals surface area contributed by atoms with Crippen LogP contribution in [0.5, 0.6) is 0 Å². The van der Waals surface area contributed by atoms with Gasteiger partial charge in [-0.05, 0) is 38.0 Å². The predicted octanol–water partition coefficient (Wildman–Crippen LogP) is 3.74. The van der Waals surface area contributed by atoms with Gasteiger partial charge in [-0.15, -0.1) is 0 Å². The highest BCUT2D eigenvalue weighted by molar-refractivity contribution is 6.10. The van der Waals surface area contributed by atoms with Crippen molar-refractivity contribution in [3.05, 3.63) is 42.0 Å². The molecule has 140 valence electrons. The van der Waals surface area contributed by atoms with Crippen LogP contribution in [0.25, 0.3) is 27.9 Å². The van der Waals surface area contributed by atoms with Gasteiger partial charge in [0.1, 0.15) is 5.82 Å². The Morgan fingerprint density at radius 1 is 1.37 bits per heavy atom. The zero-order chi connectivity index (χ0) is 19.4. The largest absolute Gasteiger partial charge is 0.404 e. The number of hydrogen-bond acceptors (Lipinski definition) is 6. The van der Waals surface area contributed by atoms with Crippen LogP contribution < -0.4 is 11.1 Å². The van der Waals surface area contributed by atoms with Crippen LogP contribution in [0.4, 0.5) is 5.69 Å². The lowest BCUT2D eigenvalue weighted by atomic mass is 10.0. The molecular formula is C20H25N7. The number of nitrogens with one attached hydrogen (secondary N) is 3. The molecule has 27 heavy (non-hydrogen) atoms. The van der Waals surface area contributed by atoms with Gasteiger partial charge < -0.3 is 16.5 Å². The number of rotatable bonds is 7. The fourth-order valence-corrected chi connectivity index (χ4v) is 2.98. The number of allylic oxidation sites excluding steroid dienone is 1. The van der Waals surface area contributed by atoms with E-state index < -0.39 is 0 Å². The fraction of sp³-hybridized carbons (Fsp3) is 0.300. The second-order valence-corrected chi connectivity index (χ2v) is 6.70. The second-order valence-electron chi connectivity index (χ2n) is 6.70. The Bertz CT molecular complexity index is 985. The number of aromatic nitrogens is 4. The first kappa shape index (κ1) is 18.6. The smallest absolute Gasteiger partial charge is 0.184 e. The van der Waals surface area contributed by atoms with Crippen LogP contribution in [0.15, 0.2) is 30.6 Å². The highest BCUT2D eigenvalue weighted by atomic mass is 15.2. The molecule has 0 aliphatic rings. The van der Waals surface area contributed by atoms with Crippen molar-refractivity contribution in [2.45, 2.75) is 39.7 Å². The monoisotopic (exact) mass is 363 g/mol. The average Bonchev–Trinajstić information content (AvgIpc) is 3.11. The number of nitrogens with zero attached hydrogens (tertiary/aromatic N) is 3. The lowest BCUT2D eigenvalue weighted by molar-refractivity contribution is 0.841. The Balaban J connectivity index is 2.21.